The standard InChI is InChI=1S/C19H24N2O2S/c22-19(17-2-1-10-23-17)21-8-5-16(6-9-21)20-13-14-3-4-18-15(12-14)7-11-24-18/h3-4,7,11-12,16-17,20H,1-2,5-6,8-10,13H2. The molecule has 1 amide bonds. The molecule has 2 saturated heterocycles. The van der Waals surface area contributed by atoms with Gasteiger partial charge in [-0.15, -0.1) is 11.3 Å². The maximum Gasteiger partial charge on any atom is 0.251 e. The van der Waals surface area contributed by atoms with Gasteiger partial charge in [-0.25, -0.2) is 0 Å². The first-order valence-corrected chi connectivity index (χ1v) is 9.77. The third-order valence-corrected chi connectivity index (χ3v) is 6.02. The number of piperidine rings is 1. The Hall–Kier alpha value is -1.43. The van der Waals surface area contributed by atoms with Crippen molar-refractivity contribution >= 4 is 27.3 Å². The summed E-state index contributed by atoms with van der Waals surface area (Å²) in [6.45, 7) is 3.33. The Kier molecular flexibility index (Phi) is 4.83. The highest BCUT2D eigenvalue weighted by molar-refractivity contribution is 7.17. The van der Waals surface area contributed by atoms with Gasteiger partial charge in [0.15, 0.2) is 0 Å². The minimum absolute atomic E-state index is 0.174. The van der Waals surface area contributed by atoms with Crippen LogP contribution in [0.25, 0.3) is 10.1 Å². The third kappa shape index (κ3) is 3.48. The van der Waals surface area contributed by atoms with Gasteiger partial charge in [-0.2, -0.15) is 0 Å². The highest BCUT2D eigenvalue weighted by Gasteiger charge is 2.30. The second-order valence-corrected chi connectivity index (χ2v) is 7.72. The molecule has 0 bridgehead atoms. The Morgan fingerprint density at radius 2 is 2.12 bits per heavy atom. The molecule has 1 N–H and O–H groups in total. The van der Waals surface area contributed by atoms with Crippen molar-refractivity contribution in [2.45, 2.75) is 44.4 Å². The van der Waals surface area contributed by atoms with Crippen LogP contribution in [0.5, 0.6) is 0 Å². The number of carbonyl (C=O) groups is 1. The number of carbonyl (C=O) groups excluding carboxylic acids is 1. The number of rotatable bonds is 4. The monoisotopic (exact) mass is 344 g/mol. The molecule has 1 unspecified atom stereocenters. The van der Waals surface area contributed by atoms with Crippen LogP contribution in [0.1, 0.15) is 31.2 Å². The normalized spacial score (nSPS) is 22.3. The van der Waals surface area contributed by atoms with Crippen LogP contribution in [0.3, 0.4) is 0 Å². The zero-order valence-electron chi connectivity index (χ0n) is 13.9. The summed E-state index contributed by atoms with van der Waals surface area (Å²) in [4.78, 5) is 14.4. The van der Waals surface area contributed by atoms with Crippen molar-refractivity contribution in [3.8, 4) is 0 Å². The zero-order valence-corrected chi connectivity index (χ0v) is 14.7. The Labute approximate surface area is 146 Å². The molecular formula is C19H24N2O2S. The average molecular weight is 344 g/mol. The third-order valence-electron chi connectivity index (χ3n) is 5.12. The van der Waals surface area contributed by atoms with E-state index in [1.807, 2.05) is 4.90 Å². The summed E-state index contributed by atoms with van der Waals surface area (Å²) in [5, 5.41) is 7.13. The first-order valence-electron chi connectivity index (χ1n) is 8.89. The lowest BCUT2D eigenvalue weighted by atomic mass is 10.0. The molecule has 24 heavy (non-hydrogen) atoms. The molecule has 2 aromatic rings. The number of nitrogens with zero attached hydrogens (tertiary/aromatic N) is 1. The van der Waals surface area contributed by atoms with E-state index in [1.165, 1.54) is 15.6 Å². The predicted molar refractivity (Wildman–Crippen MR) is 97.2 cm³/mol. The Morgan fingerprint density at radius 1 is 1.25 bits per heavy atom. The van der Waals surface area contributed by atoms with E-state index in [9.17, 15) is 4.79 Å². The average Bonchev–Trinajstić information content (AvgIpc) is 3.31. The molecule has 3 heterocycles. The number of hydrogen-bond donors (Lipinski definition) is 1. The fourth-order valence-corrected chi connectivity index (χ4v) is 4.44. The predicted octanol–water partition coefficient (Wildman–Crippen LogP) is 3.16. The highest BCUT2D eigenvalue weighted by Crippen LogP contribution is 2.22. The first kappa shape index (κ1) is 16.1. The van der Waals surface area contributed by atoms with E-state index in [4.69, 9.17) is 4.74 Å². The number of hydrogen-bond acceptors (Lipinski definition) is 4. The van der Waals surface area contributed by atoms with E-state index in [0.29, 0.717) is 6.04 Å². The zero-order chi connectivity index (χ0) is 16.4. The molecule has 0 radical (unpaired) electrons. The van der Waals surface area contributed by atoms with Crippen molar-refractivity contribution in [3.05, 3.63) is 35.2 Å². The smallest absolute Gasteiger partial charge is 0.251 e. The lowest BCUT2D eigenvalue weighted by Crippen LogP contribution is -2.47. The van der Waals surface area contributed by atoms with Crippen molar-refractivity contribution in [3.63, 3.8) is 0 Å². The number of nitrogens with one attached hydrogen (secondary N) is 1. The molecule has 0 spiro atoms. The van der Waals surface area contributed by atoms with Crippen LogP contribution >= 0.6 is 11.3 Å². The van der Waals surface area contributed by atoms with Gasteiger partial charge in [0, 0.05) is 37.0 Å². The molecule has 1 aromatic carbocycles. The highest BCUT2D eigenvalue weighted by atomic mass is 32.1. The SMILES string of the molecule is O=C(C1CCCO1)N1CCC(NCc2ccc3sccc3c2)CC1. The van der Waals surface area contributed by atoms with Gasteiger partial charge in [-0.1, -0.05) is 6.07 Å². The minimum atomic E-state index is -0.174. The van der Waals surface area contributed by atoms with Crippen molar-refractivity contribution in [2.24, 2.45) is 0 Å². The van der Waals surface area contributed by atoms with Crippen LogP contribution in [0.4, 0.5) is 0 Å². The maximum absolute atomic E-state index is 12.4. The Balaban J connectivity index is 1.26. The van der Waals surface area contributed by atoms with Crippen LogP contribution in [0, 0.1) is 0 Å². The molecule has 1 atom stereocenters. The second kappa shape index (κ2) is 7.21. The van der Waals surface area contributed by atoms with Crippen molar-refractivity contribution in [1.82, 2.24) is 10.2 Å². The summed E-state index contributed by atoms with van der Waals surface area (Å²) >= 11 is 1.79. The molecule has 4 rings (SSSR count). The van der Waals surface area contributed by atoms with Gasteiger partial charge in [0.05, 0.1) is 0 Å². The van der Waals surface area contributed by atoms with Crippen molar-refractivity contribution < 1.29 is 9.53 Å². The van der Waals surface area contributed by atoms with E-state index >= 15 is 0 Å². The second-order valence-electron chi connectivity index (χ2n) is 6.77. The lowest BCUT2D eigenvalue weighted by Gasteiger charge is -2.33. The Morgan fingerprint density at radius 3 is 2.92 bits per heavy atom. The number of likely N-dealkylation sites (tertiary alicyclic amines) is 1. The van der Waals surface area contributed by atoms with Gasteiger partial charge >= 0.3 is 0 Å². The molecule has 2 aliphatic heterocycles. The summed E-state index contributed by atoms with van der Waals surface area (Å²) in [5.74, 6) is 0.203. The summed E-state index contributed by atoms with van der Waals surface area (Å²) in [6.07, 6.45) is 3.79. The van der Waals surface area contributed by atoms with E-state index in [1.54, 1.807) is 11.3 Å². The topological polar surface area (TPSA) is 41.6 Å². The molecular weight excluding hydrogens is 320 g/mol. The summed E-state index contributed by atoms with van der Waals surface area (Å²) in [6, 6.07) is 9.37. The molecule has 4 nitrogen and oxygen atoms in total. The van der Waals surface area contributed by atoms with Crippen LogP contribution in [0.15, 0.2) is 29.6 Å². The quantitative estimate of drug-likeness (QED) is 0.926. The van der Waals surface area contributed by atoms with Gasteiger partial charge in [0.25, 0.3) is 5.91 Å². The maximum atomic E-state index is 12.4. The molecule has 128 valence electrons. The van der Waals surface area contributed by atoms with Gasteiger partial charge in [0.1, 0.15) is 6.10 Å². The summed E-state index contributed by atoms with van der Waals surface area (Å²) in [7, 11) is 0. The van der Waals surface area contributed by atoms with Gasteiger partial charge in [0.2, 0.25) is 0 Å². The summed E-state index contributed by atoms with van der Waals surface area (Å²) < 4.78 is 6.87. The van der Waals surface area contributed by atoms with Crippen LogP contribution < -0.4 is 5.32 Å². The molecule has 1 aromatic heterocycles. The number of thiophene rings is 1. The number of benzene rings is 1. The van der Waals surface area contributed by atoms with Crippen LogP contribution in [0.2, 0.25) is 0 Å². The minimum Gasteiger partial charge on any atom is -0.368 e. The van der Waals surface area contributed by atoms with Crippen LogP contribution in [-0.4, -0.2) is 42.6 Å². The molecule has 0 saturated carbocycles. The van der Waals surface area contributed by atoms with E-state index < -0.39 is 0 Å². The van der Waals surface area contributed by atoms with E-state index in [2.05, 4.69) is 35.0 Å². The molecule has 2 fully saturated rings. The number of amides is 1. The fraction of sp³-hybridized carbons (Fsp3) is 0.526. The first-order chi connectivity index (χ1) is 11.8. The number of fused-ring (bicyclic) bond motifs is 1. The largest absolute Gasteiger partial charge is 0.368 e. The summed E-state index contributed by atoms with van der Waals surface area (Å²) in [5.41, 5.74) is 1.33. The molecule has 2 aliphatic rings. The van der Waals surface area contributed by atoms with Crippen molar-refractivity contribution in [2.75, 3.05) is 19.7 Å². The molecule has 0 aliphatic carbocycles. The van der Waals surface area contributed by atoms with Gasteiger partial charge in [-0.05, 0) is 60.2 Å². The van der Waals surface area contributed by atoms with Crippen LogP contribution in [-0.2, 0) is 16.1 Å². The number of ether oxygens (including phenoxy) is 1. The van der Waals surface area contributed by atoms with Gasteiger partial charge in [-0.3, -0.25) is 4.79 Å². The van der Waals surface area contributed by atoms with E-state index in [0.717, 1.165) is 51.9 Å². The fourth-order valence-electron chi connectivity index (χ4n) is 3.67. The lowest BCUT2D eigenvalue weighted by molar-refractivity contribution is -0.142. The van der Waals surface area contributed by atoms with Gasteiger partial charge < -0.3 is 15.0 Å². The van der Waals surface area contributed by atoms with E-state index in [-0.39, 0.29) is 12.0 Å². The molecule has 5 heteroatoms. The van der Waals surface area contributed by atoms with Crippen molar-refractivity contribution in [1.29, 1.82) is 0 Å². The Bertz CT molecular complexity index is 700.